The Balaban J connectivity index is 2.49. The number of hydrogen-bond acceptors (Lipinski definition) is 0. The summed E-state index contributed by atoms with van der Waals surface area (Å²) in [6.45, 7) is 2.11. The van der Waals surface area contributed by atoms with Crippen molar-refractivity contribution >= 4 is 11.6 Å². The molecule has 2 rings (SSSR count). The molecule has 0 bridgehead atoms. The number of rotatable bonds is 2. The van der Waals surface area contributed by atoms with Crippen molar-refractivity contribution in [2.75, 3.05) is 0 Å². The highest BCUT2D eigenvalue weighted by Crippen LogP contribution is 2.24. The Morgan fingerprint density at radius 1 is 1.07 bits per heavy atom. The molecular weight excluding hydrogens is 204 g/mol. The van der Waals surface area contributed by atoms with Crippen LogP contribution in [0.2, 0.25) is 5.02 Å². The molecule has 1 heteroatoms. The van der Waals surface area contributed by atoms with Crippen molar-refractivity contribution in [2.45, 2.75) is 13.3 Å². The van der Waals surface area contributed by atoms with Gasteiger partial charge in [-0.1, -0.05) is 54.9 Å². The van der Waals surface area contributed by atoms with E-state index in [1.807, 2.05) is 24.3 Å². The van der Waals surface area contributed by atoms with Gasteiger partial charge in [0.1, 0.15) is 0 Å². The summed E-state index contributed by atoms with van der Waals surface area (Å²) in [4.78, 5) is 0. The van der Waals surface area contributed by atoms with E-state index in [-0.39, 0.29) is 0 Å². The van der Waals surface area contributed by atoms with E-state index in [4.69, 9.17) is 11.6 Å². The molecule has 0 unspecified atom stereocenters. The van der Waals surface area contributed by atoms with E-state index in [1.54, 1.807) is 0 Å². The largest absolute Gasteiger partial charge is 0.0836 e. The van der Waals surface area contributed by atoms with Gasteiger partial charge in [-0.3, -0.25) is 0 Å². The lowest BCUT2D eigenvalue weighted by atomic mass is 10.0. The SMILES string of the molecule is CCc1[c]c(Cl)cc(-c2ccccc2)c1. The Morgan fingerprint density at radius 3 is 2.47 bits per heavy atom. The predicted octanol–water partition coefficient (Wildman–Crippen LogP) is 4.37. The molecule has 0 nitrogen and oxygen atoms in total. The summed E-state index contributed by atoms with van der Waals surface area (Å²) in [5.74, 6) is 0. The molecule has 0 fully saturated rings. The molecular formula is C14H12Cl. The molecule has 2 aromatic rings. The molecule has 0 saturated heterocycles. The van der Waals surface area contributed by atoms with E-state index >= 15 is 0 Å². The Morgan fingerprint density at radius 2 is 1.80 bits per heavy atom. The molecule has 0 atom stereocenters. The first-order valence-corrected chi connectivity index (χ1v) is 5.44. The van der Waals surface area contributed by atoms with Crippen molar-refractivity contribution in [1.29, 1.82) is 0 Å². The molecule has 0 spiro atoms. The van der Waals surface area contributed by atoms with Gasteiger partial charge in [-0.05, 0) is 29.2 Å². The van der Waals surface area contributed by atoms with Crippen LogP contribution in [0.1, 0.15) is 12.5 Å². The Hall–Kier alpha value is -1.27. The molecule has 0 heterocycles. The van der Waals surface area contributed by atoms with Crippen LogP contribution in [0.4, 0.5) is 0 Å². The van der Waals surface area contributed by atoms with Crippen LogP contribution in [0, 0.1) is 6.07 Å². The maximum absolute atomic E-state index is 6.02. The molecule has 0 amide bonds. The molecule has 75 valence electrons. The number of hydrogen-bond donors (Lipinski definition) is 0. The van der Waals surface area contributed by atoms with Gasteiger partial charge >= 0.3 is 0 Å². The Kier molecular flexibility index (Phi) is 3.08. The standard InChI is InChI=1S/C14H12Cl/c1-2-11-8-13(10-14(15)9-11)12-6-4-3-5-7-12/h3-8,10H,2H2,1H3. The van der Waals surface area contributed by atoms with E-state index < -0.39 is 0 Å². The molecule has 0 N–H and O–H groups in total. The van der Waals surface area contributed by atoms with Crippen LogP contribution in [0.5, 0.6) is 0 Å². The number of aryl methyl sites for hydroxylation is 1. The molecule has 15 heavy (non-hydrogen) atoms. The molecule has 1 radical (unpaired) electrons. The second kappa shape index (κ2) is 4.50. The number of benzene rings is 2. The first-order chi connectivity index (χ1) is 7.29. The van der Waals surface area contributed by atoms with Gasteiger partial charge in [0.2, 0.25) is 0 Å². The fourth-order valence-corrected chi connectivity index (χ4v) is 1.82. The predicted molar refractivity (Wildman–Crippen MR) is 65.1 cm³/mol. The van der Waals surface area contributed by atoms with E-state index in [2.05, 4.69) is 31.2 Å². The highest BCUT2D eigenvalue weighted by atomic mass is 35.5. The van der Waals surface area contributed by atoms with Crippen LogP contribution in [0.3, 0.4) is 0 Å². The average molecular weight is 216 g/mol. The first kappa shape index (κ1) is 10.3. The Labute approximate surface area is 95.5 Å². The summed E-state index contributed by atoms with van der Waals surface area (Å²) in [7, 11) is 0. The zero-order chi connectivity index (χ0) is 10.7. The van der Waals surface area contributed by atoms with Crippen LogP contribution in [-0.4, -0.2) is 0 Å². The van der Waals surface area contributed by atoms with Crippen LogP contribution in [-0.2, 0) is 6.42 Å². The lowest BCUT2D eigenvalue weighted by Crippen LogP contribution is -1.84. The fourth-order valence-electron chi connectivity index (χ4n) is 1.58. The smallest absolute Gasteiger partial charge is 0.0493 e. The molecule has 2 aromatic carbocycles. The molecule has 0 aliphatic heterocycles. The highest BCUT2D eigenvalue weighted by Gasteiger charge is 2.00. The third kappa shape index (κ3) is 2.40. The molecule has 0 aromatic heterocycles. The van der Waals surface area contributed by atoms with Gasteiger partial charge in [0.05, 0.1) is 0 Å². The van der Waals surface area contributed by atoms with Crippen LogP contribution < -0.4 is 0 Å². The van der Waals surface area contributed by atoms with Crippen molar-refractivity contribution in [3.05, 3.63) is 59.1 Å². The summed E-state index contributed by atoms with van der Waals surface area (Å²) in [5, 5.41) is 0.688. The van der Waals surface area contributed by atoms with E-state index in [0.717, 1.165) is 17.5 Å². The Bertz CT molecular complexity index is 446. The van der Waals surface area contributed by atoms with Crippen molar-refractivity contribution in [2.24, 2.45) is 0 Å². The maximum atomic E-state index is 6.02. The van der Waals surface area contributed by atoms with Crippen LogP contribution in [0.25, 0.3) is 11.1 Å². The summed E-state index contributed by atoms with van der Waals surface area (Å²) in [5.41, 5.74) is 3.51. The van der Waals surface area contributed by atoms with Gasteiger partial charge in [0.15, 0.2) is 0 Å². The normalized spacial score (nSPS) is 10.3. The monoisotopic (exact) mass is 215 g/mol. The third-order valence-electron chi connectivity index (χ3n) is 2.38. The average Bonchev–Trinajstić information content (AvgIpc) is 2.29. The minimum absolute atomic E-state index is 0.688. The van der Waals surface area contributed by atoms with E-state index in [1.165, 1.54) is 5.56 Å². The molecule has 0 aliphatic carbocycles. The summed E-state index contributed by atoms with van der Waals surface area (Å²) in [6, 6.07) is 17.5. The molecule has 0 saturated carbocycles. The van der Waals surface area contributed by atoms with Gasteiger partial charge in [0.25, 0.3) is 0 Å². The van der Waals surface area contributed by atoms with Gasteiger partial charge in [-0.15, -0.1) is 0 Å². The highest BCUT2D eigenvalue weighted by molar-refractivity contribution is 6.30. The lowest BCUT2D eigenvalue weighted by Gasteiger charge is -2.04. The number of halogens is 1. The third-order valence-corrected chi connectivity index (χ3v) is 2.58. The lowest BCUT2D eigenvalue weighted by molar-refractivity contribution is 1.14. The van der Waals surface area contributed by atoms with E-state index in [9.17, 15) is 0 Å². The van der Waals surface area contributed by atoms with Gasteiger partial charge in [0, 0.05) is 11.1 Å². The first-order valence-electron chi connectivity index (χ1n) is 5.07. The minimum atomic E-state index is 0.688. The van der Waals surface area contributed by atoms with Crippen LogP contribution in [0.15, 0.2) is 42.5 Å². The second-order valence-corrected chi connectivity index (χ2v) is 3.87. The van der Waals surface area contributed by atoms with Crippen molar-refractivity contribution in [3.8, 4) is 11.1 Å². The summed E-state index contributed by atoms with van der Waals surface area (Å²) < 4.78 is 0. The van der Waals surface area contributed by atoms with E-state index in [0.29, 0.717) is 5.02 Å². The minimum Gasteiger partial charge on any atom is -0.0836 e. The van der Waals surface area contributed by atoms with Crippen molar-refractivity contribution < 1.29 is 0 Å². The van der Waals surface area contributed by atoms with Gasteiger partial charge < -0.3 is 0 Å². The summed E-state index contributed by atoms with van der Waals surface area (Å²) in [6.07, 6.45) is 0.959. The second-order valence-electron chi connectivity index (χ2n) is 3.46. The zero-order valence-electron chi connectivity index (χ0n) is 8.63. The topological polar surface area (TPSA) is 0 Å². The zero-order valence-corrected chi connectivity index (χ0v) is 9.38. The summed E-state index contributed by atoms with van der Waals surface area (Å²) >= 11 is 6.02. The quantitative estimate of drug-likeness (QED) is 0.698. The van der Waals surface area contributed by atoms with Crippen molar-refractivity contribution in [3.63, 3.8) is 0 Å². The van der Waals surface area contributed by atoms with Crippen molar-refractivity contribution in [1.82, 2.24) is 0 Å². The van der Waals surface area contributed by atoms with Crippen LogP contribution >= 0.6 is 11.6 Å². The maximum Gasteiger partial charge on any atom is 0.0493 e. The van der Waals surface area contributed by atoms with Gasteiger partial charge in [-0.25, -0.2) is 0 Å². The van der Waals surface area contributed by atoms with Gasteiger partial charge in [-0.2, -0.15) is 0 Å². The molecule has 0 aliphatic rings. The fraction of sp³-hybridized carbons (Fsp3) is 0.143.